The molecule has 2 rings (SSSR count). The van der Waals surface area contributed by atoms with Crippen LogP contribution in [0.5, 0.6) is 0 Å². The molecular weight excluding hydrogens is 345 g/mol. The van der Waals surface area contributed by atoms with Gasteiger partial charge in [0.2, 0.25) is 0 Å². The van der Waals surface area contributed by atoms with Crippen molar-refractivity contribution < 1.29 is 9.84 Å². The Labute approximate surface area is 121 Å². The van der Waals surface area contributed by atoms with Crippen LogP contribution in [-0.2, 0) is 4.74 Å². The molecular formula is C12H18IN3O2. The topological polar surface area (TPSA) is 57.6 Å². The quantitative estimate of drug-likeness (QED) is 0.791. The zero-order valence-corrected chi connectivity index (χ0v) is 12.6. The van der Waals surface area contributed by atoms with Crippen LogP contribution in [0.25, 0.3) is 0 Å². The fraction of sp³-hybridized carbons (Fsp3) is 0.583. The molecule has 5 nitrogen and oxygen atoms in total. The molecule has 0 spiro atoms. The summed E-state index contributed by atoms with van der Waals surface area (Å²) in [5.41, 5.74) is 0. The predicted octanol–water partition coefficient (Wildman–Crippen LogP) is 1.32. The second-order valence-electron chi connectivity index (χ2n) is 4.36. The molecule has 1 aliphatic heterocycles. The highest BCUT2D eigenvalue weighted by molar-refractivity contribution is 14.1. The zero-order valence-electron chi connectivity index (χ0n) is 10.4. The first kappa shape index (κ1) is 13.8. The van der Waals surface area contributed by atoms with E-state index in [1.54, 1.807) is 6.92 Å². The molecule has 0 amide bonds. The Kier molecular flexibility index (Phi) is 5.02. The van der Waals surface area contributed by atoms with Crippen LogP contribution in [0.3, 0.4) is 0 Å². The molecule has 2 N–H and O–H groups in total. The minimum Gasteiger partial charge on any atom is -0.392 e. The van der Waals surface area contributed by atoms with Gasteiger partial charge in [-0.1, -0.05) is 0 Å². The van der Waals surface area contributed by atoms with Gasteiger partial charge in [-0.3, -0.25) is 0 Å². The van der Waals surface area contributed by atoms with Crippen LogP contribution in [0.4, 0.5) is 11.6 Å². The van der Waals surface area contributed by atoms with Crippen molar-refractivity contribution >= 4 is 34.2 Å². The number of pyridine rings is 1. The second-order valence-corrected chi connectivity index (χ2v) is 5.60. The van der Waals surface area contributed by atoms with E-state index in [2.05, 4.69) is 43.9 Å². The molecule has 1 fully saturated rings. The number of halogens is 1. The molecule has 18 heavy (non-hydrogen) atoms. The first-order valence-electron chi connectivity index (χ1n) is 6.07. The normalized spacial score (nSPS) is 17.6. The van der Waals surface area contributed by atoms with E-state index < -0.39 is 0 Å². The van der Waals surface area contributed by atoms with Crippen molar-refractivity contribution in [2.45, 2.75) is 13.0 Å². The lowest BCUT2D eigenvalue weighted by Crippen LogP contribution is -2.36. The van der Waals surface area contributed by atoms with Gasteiger partial charge < -0.3 is 20.1 Å². The lowest BCUT2D eigenvalue weighted by atomic mass is 10.3. The molecule has 2 heterocycles. The lowest BCUT2D eigenvalue weighted by molar-refractivity contribution is 0.122. The first-order valence-corrected chi connectivity index (χ1v) is 7.15. The van der Waals surface area contributed by atoms with Gasteiger partial charge in [-0.2, -0.15) is 0 Å². The Morgan fingerprint density at radius 2 is 2.22 bits per heavy atom. The summed E-state index contributed by atoms with van der Waals surface area (Å²) in [5.74, 6) is 1.78. The molecule has 0 bridgehead atoms. The molecule has 6 heteroatoms. The number of hydrogen-bond donors (Lipinski definition) is 2. The first-order chi connectivity index (χ1) is 8.65. The van der Waals surface area contributed by atoms with Gasteiger partial charge in [0.05, 0.1) is 19.3 Å². The van der Waals surface area contributed by atoms with E-state index in [9.17, 15) is 5.11 Å². The van der Waals surface area contributed by atoms with Crippen molar-refractivity contribution in [1.82, 2.24) is 4.98 Å². The summed E-state index contributed by atoms with van der Waals surface area (Å²) in [6.07, 6.45) is -0.378. The van der Waals surface area contributed by atoms with E-state index in [0.29, 0.717) is 6.54 Å². The lowest BCUT2D eigenvalue weighted by Gasteiger charge is -2.28. The van der Waals surface area contributed by atoms with E-state index in [0.717, 1.165) is 41.5 Å². The summed E-state index contributed by atoms with van der Waals surface area (Å²) in [7, 11) is 0. The van der Waals surface area contributed by atoms with Crippen molar-refractivity contribution in [3.8, 4) is 0 Å². The van der Waals surface area contributed by atoms with Gasteiger partial charge in [0, 0.05) is 23.2 Å². The van der Waals surface area contributed by atoms with Crippen LogP contribution in [0.15, 0.2) is 12.1 Å². The van der Waals surface area contributed by atoms with Crippen molar-refractivity contribution in [1.29, 1.82) is 0 Å². The van der Waals surface area contributed by atoms with Gasteiger partial charge in [-0.15, -0.1) is 0 Å². The fourth-order valence-electron chi connectivity index (χ4n) is 1.78. The highest BCUT2D eigenvalue weighted by Gasteiger charge is 2.13. The highest BCUT2D eigenvalue weighted by Crippen LogP contribution is 2.20. The molecule has 1 saturated heterocycles. The number of anilines is 2. The summed E-state index contributed by atoms with van der Waals surface area (Å²) in [6, 6.07) is 4.05. The van der Waals surface area contributed by atoms with Crippen LogP contribution < -0.4 is 10.2 Å². The van der Waals surface area contributed by atoms with E-state index in [1.165, 1.54) is 0 Å². The summed E-state index contributed by atoms with van der Waals surface area (Å²) >= 11 is 2.28. The molecule has 1 aromatic heterocycles. The Bertz CT molecular complexity index is 395. The minimum atomic E-state index is -0.378. The van der Waals surface area contributed by atoms with Crippen LogP contribution in [-0.4, -0.2) is 49.0 Å². The number of morpholine rings is 1. The molecule has 1 aromatic rings. The number of aromatic nitrogens is 1. The van der Waals surface area contributed by atoms with Crippen LogP contribution >= 0.6 is 22.6 Å². The molecule has 0 saturated carbocycles. The molecule has 100 valence electrons. The number of ether oxygens (including phenoxy) is 1. The second kappa shape index (κ2) is 6.53. The zero-order chi connectivity index (χ0) is 13.0. The monoisotopic (exact) mass is 363 g/mol. The molecule has 0 unspecified atom stereocenters. The molecule has 0 aromatic carbocycles. The average molecular weight is 363 g/mol. The number of nitrogens with one attached hydrogen (secondary N) is 1. The maximum absolute atomic E-state index is 9.28. The third kappa shape index (κ3) is 3.96. The van der Waals surface area contributed by atoms with Gasteiger partial charge in [0.15, 0.2) is 0 Å². The van der Waals surface area contributed by atoms with Crippen molar-refractivity contribution in [2.75, 3.05) is 43.1 Å². The van der Waals surface area contributed by atoms with Crippen molar-refractivity contribution in [3.05, 3.63) is 15.7 Å². The van der Waals surface area contributed by atoms with E-state index in [1.807, 2.05) is 6.07 Å². The standard InChI is InChI=1S/C12H18IN3O2/c1-9(17)8-14-11-6-10(13)7-12(15-11)16-2-4-18-5-3-16/h6-7,9,17H,2-5,8H2,1H3,(H,14,15)/t9-/m0/s1. The average Bonchev–Trinajstić information content (AvgIpc) is 2.37. The van der Waals surface area contributed by atoms with Gasteiger partial charge in [0.25, 0.3) is 0 Å². The Morgan fingerprint density at radius 1 is 1.50 bits per heavy atom. The van der Waals surface area contributed by atoms with Crippen LogP contribution in [0, 0.1) is 3.57 Å². The van der Waals surface area contributed by atoms with Gasteiger partial charge in [-0.05, 0) is 41.6 Å². The number of rotatable bonds is 4. The Hall–Kier alpha value is -0.600. The largest absolute Gasteiger partial charge is 0.392 e. The smallest absolute Gasteiger partial charge is 0.132 e. The molecule has 0 aliphatic carbocycles. The maximum Gasteiger partial charge on any atom is 0.132 e. The number of aliphatic hydroxyl groups is 1. The molecule has 1 aliphatic rings. The van der Waals surface area contributed by atoms with E-state index >= 15 is 0 Å². The van der Waals surface area contributed by atoms with E-state index in [4.69, 9.17) is 4.74 Å². The SMILES string of the molecule is C[C@H](O)CNc1cc(I)cc(N2CCOCC2)n1. The van der Waals surface area contributed by atoms with Crippen molar-refractivity contribution in [2.24, 2.45) is 0 Å². The van der Waals surface area contributed by atoms with Crippen molar-refractivity contribution in [3.63, 3.8) is 0 Å². The third-order valence-electron chi connectivity index (χ3n) is 2.69. The van der Waals surface area contributed by atoms with Gasteiger partial charge in [0.1, 0.15) is 11.6 Å². The highest BCUT2D eigenvalue weighted by atomic mass is 127. The maximum atomic E-state index is 9.28. The number of aliphatic hydroxyl groups excluding tert-OH is 1. The predicted molar refractivity (Wildman–Crippen MR) is 80.2 cm³/mol. The van der Waals surface area contributed by atoms with Gasteiger partial charge >= 0.3 is 0 Å². The summed E-state index contributed by atoms with van der Waals surface area (Å²) in [5, 5.41) is 12.4. The Morgan fingerprint density at radius 3 is 2.89 bits per heavy atom. The number of hydrogen-bond acceptors (Lipinski definition) is 5. The summed E-state index contributed by atoms with van der Waals surface area (Å²) in [6.45, 7) is 5.53. The van der Waals surface area contributed by atoms with E-state index in [-0.39, 0.29) is 6.10 Å². The number of nitrogens with zero attached hydrogens (tertiary/aromatic N) is 2. The third-order valence-corrected chi connectivity index (χ3v) is 3.31. The van der Waals surface area contributed by atoms with Crippen LogP contribution in [0.1, 0.15) is 6.92 Å². The summed E-state index contributed by atoms with van der Waals surface area (Å²) < 4.78 is 6.48. The molecule has 0 radical (unpaired) electrons. The minimum absolute atomic E-state index is 0.378. The van der Waals surface area contributed by atoms with Gasteiger partial charge in [-0.25, -0.2) is 4.98 Å². The summed E-state index contributed by atoms with van der Waals surface area (Å²) in [4.78, 5) is 6.79. The Balaban J connectivity index is 2.09. The fourth-order valence-corrected chi connectivity index (χ4v) is 2.35. The molecule has 1 atom stereocenters. The van der Waals surface area contributed by atoms with Crippen LogP contribution in [0.2, 0.25) is 0 Å².